The molecule has 2 N–H and O–H groups in total. The lowest BCUT2D eigenvalue weighted by Crippen LogP contribution is -2.37. The number of rotatable bonds is 6. The highest BCUT2D eigenvalue weighted by Crippen LogP contribution is 2.21. The molecular weight excluding hydrogens is 460 g/mol. The molecule has 0 atom stereocenters. The Balaban J connectivity index is 1.23. The first-order chi connectivity index (χ1) is 16.0. The molecule has 4 aromatic rings. The molecule has 5 rings (SSSR count). The second-order valence-corrected chi connectivity index (χ2v) is 10.7. The number of imidazole rings is 1. The van der Waals surface area contributed by atoms with Gasteiger partial charge in [0.05, 0.1) is 11.0 Å². The Labute approximate surface area is 195 Å². The van der Waals surface area contributed by atoms with Crippen molar-refractivity contribution in [3.8, 4) is 5.82 Å². The summed E-state index contributed by atoms with van der Waals surface area (Å²) < 4.78 is 28.9. The van der Waals surface area contributed by atoms with Crippen molar-refractivity contribution in [1.82, 2.24) is 29.1 Å². The number of pyridine rings is 1. The molecule has 0 radical (unpaired) electrons. The number of carbonyl (C=O) groups is 1. The number of hydrogen-bond acceptors (Lipinski definition) is 6. The van der Waals surface area contributed by atoms with Gasteiger partial charge in [-0.3, -0.25) is 9.36 Å². The monoisotopic (exact) mass is 482 g/mol. The number of benzene rings is 1. The van der Waals surface area contributed by atoms with Crippen LogP contribution in [-0.2, 0) is 16.6 Å². The number of aromatic nitrogens is 4. The third kappa shape index (κ3) is 4.39. The minimum atomic E-state index is -3.59. The topological polar surface area (TPSA) is 113 Å². The Kier molecular flexibility index (Phi) is 5.92. The van der Waals surface area contributed by atoms with Crippen LogP contribution in [-0.4, -0.2) is 62.7 Å². The fourth-order valence-electron chi connectivity index (χ4n) is 3.67. The third-order valence-electron chi connectivity index (χ3n) is 5.47. The van der Waals surface area contributed by atoms with Gasteiger partial charge in [0.2, 0.25) is 10.0 Å². The molecule has 170 valence electrons. The van der Waals surface area contributed by atoms with Gasteiger partial charge in [0, 0.05) is 43.5 Å². The highest BCUT2D eigenvalue weighted by Gasteiger charge is 2.27. The van der Waals surface area contributed by atoms with Crippen LogP contribution in [0.1, 0.15) is 16.1 Å². The van der Waals surface area contributed by atoms with E-state index in [0.29, 0.717) is 13.1 Å². The summed E-state index contributed by atoms with van der Waals surface area (Å²) in [7, 11) is -3.59. The average molecular weight is 483 g/mol. The number of aromatic amines is 1. The Morgan fingerprint density at radius 1 is 1.12 bits per heavy atom. The summed E-state index contributed by atoms with van der Waals surface area (Å²) in [4.78, 5) is 24.3. The van der Waals surface area contributed by atoms with E-state index in [4.69, 9.17) is 0 Å². The number of amides is 1. The summed E-state index contributed by atoms with van der Waals surface area (Å²) >= 11 is 1.74. The fraction of sp³-hybridized carbons (Fsp3) is 0.227. The SMILES string of the molecule is O=C(NCc1ccc(-n2cnc3ccccc32)nc1)c1cc(S(=O)(=O)N2CCSCC2)c[nH]1. The lowest BCUT2D eigenvalue weighted by Gasteiger charge is -2.24. The van der Waals surface area contributed by atoms with Crippen LogP contribution >= 0.6 is 11.8 Å². The van der Waals surface area contributed by atoms with Gasteiger partial charge in [0.1, 0.15) is 22.7 Å². The smallest absolute Gasteiger partial charge is 0.268 e. The van der Waals surface area contributed by atoms with Crippen LogP contribution in [0.2, 0.25) is 0 Å². The summed E-state index contributed by atoms with van der Waals surface area (Å²) in [5.74, 6) is 1.91. The summed E-state index contributed by atoms with van der Waals surface area (Å²) in [6.45, 7) is 1.23. The van der Waals surface area contributed by atoms with Gasteiger partial charge in [-0.1, -0.05) is 18.2 Å². The number of H-pyrrole nitrogens is 1. The second kappa shape index (κ2) is 9.00. The van der Waals surface area contributed by atoms with Crippen LogP contribution in [0.4, 0.5) is 0 Å². The van der Waals surface area contributed by atoms with E-state index in [1.165, 1.54) is 16.6 Å². The Bertz CT molecular complexity index is 1390. The predicted octanol–water partition coefficient (Wildman–Crippen LogP) is 2.42. The third-order valence-corrected chi connectivity index (χ3v) is 8.29. The fourth-order valence-corrected chi connectivity index (χ4v) is 6.24. The zero-order chi connectivity index (χ0) is 22.8. The van der Waals surface area contributed by atoms with Crippen molar-refractivity contribution in [3.63, 3.8) is 0 Å². The molecule has 11 heteroatoms. The van der Waals surface area contributed by atoms with E-state index in [-0.39, 0.29) is 23.0 Å². The maximum Gasteiger partial charge on any atom is 0.268 e. The molecule has 1 aliphatic heterocycles. The molecule has 0 spiro atoms. The molecule has 0 aliphatic carbocycles. The number of nitrogens with one attached hydrogen (secondary N) is 2. The van der Waals surface area contributed by atoms with Crippen LogP contribution in [0.3, 0.4) is 0 Å². The summed E-state index contributed by atoms with van der Waals surface area (Å²) in [5.41, 5.74) is 2.88. The van der Waals surface area contributed by atoms with Crippen molar-refractivity contribution in [3.05, 3.63) is 72.4 Å². The first-order valence-corrected chi connectivity index (χ1v) is 13.0. The highest BCUT2D eigenvalue weighted by atomic mass is 32.2. The van der Waals surface area contributed by atoms with E-state index in [0.717, 1.165) is 33.9 Å². The molecule has 33 heavy (non-hydrogen) atoms. The number of sulfonamides is 1. The quantitative estimate of drug-likeness (QED) is 0.436. The molecule has 9 nitrogen and oxygen atoms in total. The Morgan fingerprint density at radius 2 is 1.94 bits per heavy atom. The maximum absolute atomic E-state index is 12.8. The van der Waals surface area contributed by atoms with Gasteiger partial charge in [0.25, 0.3) is 5.91 Å². The van der Waals surface area contributed by atoms with Gasteiger partial charge >= 0.3 is 0 Å². The van der Waals surface area contributed by atoms with Gasteiger partial charge in [-0.25, -0.2) is 18.4 Å². The van der Waals surface area contributed by atoms with Crippen LogP contribution in [0.5, 0.6) is 0 Å². The Morgan fingerprint density at radius 3 is 2.73 bits per heavy atom. The number of hydrogen-bond donors (Lipinski definition) is 2. The number of fused-ring (bicyclic) bond motifs is 1. The normalized spacial score (nSPS) is 15.0. The largest absolute Gasteiger partial charge is 0.356 e. The predicted molar refractivity (Wildman–Crippen MR) is 127 cm³/mol. The maximum atomic E-state index is 12.8. The molecule has 3 aromatic heterocycles. The molecule has 1 saturated heterocycles. The van der Waals surface area contributed by atoms with Crippen LogP contribution < -0.4 is 5.32 Å². The van der Waals surface area contributed by atoms with E-state index in [9.17, 15) is 13.2 Å². The van der Waals surface area contributed by atoms with Crippen molar-refractivity contribution in [2.24, 2.45) is 0 Å². The van der Waals surface area contributed by atoms with E-state index >= 15 is 0 Å². The average Bonchev–Trinajstić information content (AvgIpc) is 3.52. The first-order valence-electron chi connectivity index (χ1n) is 10.4. The van der Waals surface area contributed by atoms with E-state index in [2.05, 4.69) is 20.3 Å². The first kappa shape index (κ1) is 21.7. The number of carbonyl (C=O) groups excluding carboxylic acids is 1. The Hall–Kier alpha value is -3.15. The molecule has 1 aromatic carbocycles. The van der Waals surface area contributed by atoms with Gasteiger partial charge < -0.3 is 10.3 Å². The van der Waals surface area contributed by atoms with E-state index in [1.54, 1.807) is 24.3 Å². The summed E-state index contributed by atoms with van der Waals surface area (Å²) in [6, 6.07) is 13.0. The zero-order valence-corrected chi connectivity index (χ0v) is 19.3. The molecule has 1 amide bonds. The van der Waals surface area contributed by atoms with Crippen LogP contribution in [0, 0.1) is 0 Å². The molecular formula is C22H22N6O3S2. The van der Waals surface area contributed by atoms with Crippen molar-refractivity contribution in [1.29, 1.82) is 0 Å². The van der Waals surface area contributed by atoms with E-state index < -0.39 is 10.0 Å². The minimum absolute atomic E-state index is 0.109. The van der Waals surface area contributed by atoms with Gasteiger partial charge in [-0.05, 0) is 29.8 Å². The lowest BCUT2D eigenvalue weighted by molar-refractivity contribution is 0.0946. The second-order valence-electron chi connectivity index (χ2n) is 7.58. The molecule has 0 bridgehead atoms. The van der Waals surface area contributed by atoms with Crippen molar-refractivity contribution in [2.45, 2.75) is 11.4 Å². The van der Waals surface area contributed by atoms with Gasteiger partial charge in [0.15, 0.2) is 0 Å². The molecule has 1 fully saturated rings. The summed E-state index contributed by atoms with van der Waals surface area (Å²) in [5, 5.41) is 2.80. The number of nitrogens with zero attached hydrogens (tertiary/aromatic N) is 4. The zero-order valence-electron chi connectivity index (χ0n) is 17.6. The van der Waals surface area contributed by atoms with Crippen molar-refractivity contribution in [2.75, 3.05) is 24.6 Å². The molecule has 4 heterocycles. The van der Waals surface area contributed by atoms with Crippen LogP contribution in [0.25, 0.3) is 16.9 Å². The van der Waals surface area contributed by atoms with Crippen molar-refractivity contribution < 1.29 is 13.2 Å². The van der Waals surface area contributed by atoms with E-state index in [1.807, 2.05) is 41.0 Å². The molecule has 0 unspecified atom stereocenters. The van der Waals surface area contributed by atoms with Crippen molar-refractivity contribution >= 4 is 38.7 Å². The van der Waals surface area contributed by atoms with Gasteiger partial charge in [-0.15, -0.1) is 0 Å². The molecule has 0 saturated carbocycles. The number of thioether (sulfide) groups is 1. The summed E-state index contributed by atoms with van der Waals surface area (Å²) in [6.07, 6.45) is 4.80. The number of para-hydroxylation sites is 2. The lowest BCUT2D eigenvalue weighted by atomic mass is 10.2. The van der Waals surface area contributed by atoms with Gasteiger partial charge in [-0.2, -0.15) is 16.1 Å². The molecule has 1 aliphatic rings. The van der Waals surface area contributed by atoms with Crippen LogP contribution in [0.15, 0.2) is 66.1 Å². The minimum Gasteiger partial charge on any atom is -0.356 e. The standard InChI is InChI=1S/C22H22N6O3S2/c29-22(19-11-17(14-23-19)33(30,31)27-7-9-32-10-8-27)25-13-16-5-6-21(24-12-16)28-15-26-18-3-1-2-4-20(18)28/h1-6,11-12,14-15,23H,7-10,13H2,(H,25,29). The highest BCUT2D eigenvalue weighted by molar-refractivity contribution is 7.99.